The van der Waals surface area contributed by atoms with Gasteiger partial charge in [-0.1, -0.05) is 61.5 Å². The zero-order valence-corrected chi connectivity index (χ0v) is 17.8. The van der Waals surface area contributed by atoms with Crippen LogP contribution in [0.3, 0.4) is 0 Å². The first-order valence-corrected chi connectivity index (χ1v) is 10.9. The topological polar surface area (TPSA) is 32.3 Å². The number of nitrogens with one attached hydrogen (secondary N) is 1. The normalized spacial score (nSPS) is 17.4. The predicted molar refractivity (Wildman–Crippen MR) is 125 cm³/mol. The van der Waals surface area contributed by atoms with E-state index in [-0.39, 0.29) is 11.9 Å². The van der Waals surface area contributed by atoms with Crippen molar-refractivity contribution in [2.24, 2.45) is 5.92 Å². The molecule has 1 saturated heterocycles. The van der Waals surface area contributed by atoms with Gasteiger partial charge in [-0.15, -0.1) is 0 Å². The van der Waals surface area contributed by atoms with Crippen LogP contribution in [0.1, 0.15) is 48.7 Å². The van der Waals surface area contributed by atoms with Gasteiger partial charge in [0.2, 0.25) is 0 Å². The molecule has 1 N–H and O–H groups in total. The van der Waals surface area contributed by atoms with Crippen molar-refractivity contribution < 1.29 is 4.79 Å². The summed E-state index contributed by atoms with van der Waals surface area (Å²) in [6, 6.07) is 26.6. The van der Waals surface area contributed by atoms with Gasteiger partial charge in [-0.2, -0.15) is 0 Å². The van der Waals surface area contributed by atoms with E-state index in [2.05, 4.69) is 53.5 Å². The van der Waals surface area contributed by atoms with E-state index < -0.39 is 0 Å². The van der Waals surface area contributed by atoms with Crippen molar-refractivity contribution in [1.82, 2.24) is 5.32 Å². The average molecular weight is 399 g/mol. The second-order valence-electron chi connectivity index (χ2n) is 8.42. The molecule has 3 heteroatoms. The minimum Gasteiger partial charge on any atom is -0.371 e. The van der Waals surface area contributed by atoms with Crippen LogP contribution in [0.15, 0.2) is 78.9 Å². The van der Waals surface area contributed by atoms with E-state index in [4.69, 9.17) is 0 Å². The van der Waals surface area contributed by atoms with E-state index in [9.17, 15) is 4.79 Å². The maximum absolute atomic E-state index is 12.7. The number of hydrogen-bond donors (Lipinski definition) is 1. The molecule has 3 aromatic rings. The first-order chi connectivity index (χ1) is 14.6. The molecule has 2 atom stereocenters. The quantitative estimate of drug-likeness (QED) is 0.565. The smallest absolute Gasteiger partial charge is 0.251 e. The van der Waals surface area contributed by atoms with Gasteiger partial charge in [0.05, 0.1) is 6.04 Å². The first kappa shape index (κ1) is 20.2. The summed E-state index contributed by atoms with van der Waals surface area (Å²) in [6.45, 7) is 6.62. The maximum Gasteiger partial charge on any atom is 0.251 e. The molecule has 1 heterocycles. The molecular formula is C27H30N2O. The van der Waals surface area contributed by atoms with Gasteiger partial charge in [0.1, 0.15) is 0 Å². The van der Waals surface area contributed by atoms with Crippen molar-refractivity contribution >= 4 is 11.6 Å². The van der Waals surface area contributed by atoms with Crippen LogP contribution in [0, 0.1) is 5.92 Å². The molecule has 0 saturated carbocycles. The van der Waals surface area contributed by atoms with Crippen LogP contribution in [-0.4, -0.2) is 19.0 Å². The van der Waals surface area contributed by atoms with Gasteiger partial charge in [0.25, 0.3) is 5.91 Å². The Labute approximate surface area is 179 Å². The second-order valence-corrected chi connectivity index (χ2v) is 8.42. The van der Waals surface area contributed by atoms with Crippen molar-refractivity contribution in [2.45, 2.75) is 32.7 Å². The lowest BCUT2D eigenvalue weighted by Crippen LogP contribution is -2.34. The Morgan fingerprint density at radius 1 is 0.933 bits per heavy atom. The van der Waals surface area contributed by atoms with E-state index in [0.29, 0.717) is 5.56 Å². The average Bonchev–Trinajstić information content (AvgIpc) is 2.80. The summed E-state index contributed by atoms with van der Waals surface area (Å²) >= 11 is 0. The number of hydrogen-bond acceptors (Lipinski definition) is 2. The number of nitrogens with zero attached hydrogens (tertiary/aromatic N) is 1. The minimum absolute atomic E-state index is 0.0411. The SMILES string of the molecule is C[C@H]1CCCN(c2ccc([C@H](C)NC(=O)c3ccc(-c4ccccc4)cc3)cc2)C1. The molecule has 0 spiro atoms. The summed E-state index contributed by atoms with van der Waals surface area (Å²) in [7, 11) is 0. The lowest BCUT2D eigenvalue weighted by molar-refractivity contribution is 0.0940. The van der Waals surface area contributed by atoms with Crippen LogP contribution >= 0.6 is 0 Å². The Kier molecular flexibility index (Phi) is 6.18. The van der Waals surface area contributed by atoms with Crippen LogP contribution < -0.4 is 10.2 Å². The fourth-order valence-corrected chi connectivity index (χ4v) is 4.21. The van der Waals surface area contributed by atoms with Crippen LogP contribution in [0.25, 0.3) is 11.1 Å². The number of anilines is 1. The third kappa shape index (κ3) is 4.73. The molecular weight excluding hydrogens is 368 g/mol. The Morgan fingerprint density at radius 2 is 1.60 bits per heavy atom. The van der Waals surface area contributed by atoms with Crippen molar-refractivity contribution in [3.8, 4) is 11.1 Å². The number of piperidine rings is 1. The van der Waals surface area contributed by atoms with Gasteiger partial charge in [-0.05, 0) is 66.6 Å². The molecule has 3 aromatic carbocycles. The molecule has 1 amide bonds. The number of rotatable bonds is 5. The molecule has 3 nitrogen and oxygen atoms in total. The third-order valence-corrected chi connectivity index (χ3v) is 6.02. The van der Waals surface area contributed by atoms with Crippen LogP contribution in [0.4, 0.5) is 5.69 Å². The van der Waals surface area contributed by atoms with Gasteiger partial charge in [0.15, 0.2) is 0 Å². The monoisotopic (exact) mass is 398 g/mol. The standard InChI is InChI=1S/C27H30N2O/c1-20-7-6-18-29(19-20)26-16-14-22(15-17-26)21(2)28-27(30)25-12-10-24(11-13-25)23-8-4-3-5-9-23/h3-5,8-17,20-21H,6-7,18-19H2,1-2H3,(H,28,30)/t20-,21-/m0/s1. The number of carbonyl (C=O) groups is 1. The fourth-order valence-electron chi connectivity index (χ4n) is 4.21. The van der Waals surface area contributed by atoms with Crippen molar-refractivity contribution in [3.63, 3.8) is 0 Å². The summed E-state index contributed by atoms with van der Waals surface area (Å²) in [4.78, 5) is 15.2. The van der Waals surface area contributed by atoms with Crippen molar-refractivity contribution in [2.75, 3.05) is 18.0 Å². The van der Waals surface area contributed by atoms with Crippen LogP contribution in [-0.2, 0) is 0 Å². The zero-order valence-electron chi connectivity index (χ0n) is 17.8. The Hall–Kier alpha value is -3.07. The fraction of sp³-hybridized carbons (Fsp3) is 0.296. The molecule has 0 aliphatic carbocycles. The lowest BCUT2D eigenvalue weighted by atomic mass is 9.99. The Morgan fingerprint density at radius 3 is 2.27 bits per heavy atom. The summed E-state index contributed by atoms with van der Waals surface area (Å²) in [6.07, 6.45) is 2.59. The Balaban J connectivity index is 1.38. The van der Waals surface area contributed by atoms with Crippen LogP contribution in [0.5, 0.6) is 0 Å². The molecule has 1 aliphatic heterocycles. The number of benzene rings is 3. The molecule has 30 heavy (non-hydrogen) atoms. The van der Waals surface area contributed by atoms with Crippen molar-refractivity contribution in [1.29, 1.82) is 0 Å². The molecule has 0 bridgehead atoms. The number of amides is 1. The van der Waals surface area contributed by atoms with E-state index in [0.717, 1.165) is 35.7 Å². The van der Waals surface area contributed by atoms with Gasteiger partial charge in [-0.3, -0.25) is 4.79 Å². The first-order valence-electron chi connectivity index (χ1n) is 10.9. The summed E-state index contributed by atoms with van der Waals surface area (Å²) < 4.78 is 0. The van der Waals surface area contributed by atoms with E-state index in [1.807, 2.05) is 49.4 Å². The van der Waals surface area contributed by atoms with E-state index in [1.165, 1.54) is 18.5 Å². The highest BCUT2D eigenvalue weighted by molar-refractivity contribution is 5.95. The molecule has 0 unspecified atom stereocenters. The summed E-state index contributed by atoms with van der Waals surface area (Å²) in [5.74, 6) is 0.709. The highest BCUT2D eigenvalue weighted by Crippen LogP contribution is 2.25. The summed E-state index contributed by atoms with van der Waals surface area (Å²) in [5, 5.41) is 3.13. The lowest BCUT2D eigenvalue weighted by Gasteiger charge is -2.33. The molecule has 0 aromatic heterocycles. The highest BCUT2D eigenvalue weighted by atomic mass is 16.1. The molecule has 1 fully saturated rings. The largest absolute Gasteiger partial charge is 0.371 e. The van der Waals surface area contributed by atoms with Gasteiger partial charge >= 0.3 is 0 Å². The second kappa shape index (κ2) is 9.17. The minimum atomic E-state index is -0.0453. The predicted octanol–water partition coefficient (Wildman–Crippen LogP) is 6.08. The van der Waals surface area contributed by atoms with Gasteiger partial charge in [-0.25, -0.2) is 0 Å². The number of carbonyl (C=O) groups excluding carboxylic acids is 1. The van der Waals surface area contributed by atoms with Gasteiger partial charge in [0, 0.05) is 24.3 Å². The van der Waals surface area contributed by atoms with E-state index >= 15 is 0 Å². The Bertz CT molecular complexity index is 964. The van der Waals surface area contributed by atoms with Gasteiger partial charge < -0.3 is 10.2 Å². The van der Waals surface area contributed by atoms with E-state index in [1.54, 1.807) is 0 Å². The maximum atomic E-state index is 12.7. The zero-order chi connectivity index (χ0) is 20.9. The molecule has 154 valence electrons. The third-order valence-electron chi connectivity index (χ3n) is 6.02. The highest BCUT2D eigenvalue weighted by Gasteiger charge is 2.17. The molecule has 0 radical (unpaired) electrons. The molecule has 1 aliphatic rings. The summed E-state index contributed by atoms with van der Waals surface area (Å²) in [5.41, 5.74) is 5.35. The molecule has 4 rings (SSSR count). The van der Waals surface area contributed by atoms with Crippen molar-refractivity contribution in [3.05, 3.63) is 90.0 Å². The van der Waals surface area contributed by atoms with Crippen LogP contribution in [0.2, 0.25) is 0 Å².